The molecule has 0 aliphatic rings. The van der Waals surface area contributed by atoms with E-state index in [1.165, 1.54) is 11.5 Å². The molecule has 0 saturated carbocycles. The summed E-state index contributed by atoms with van der Waals surface area (Å²) in [6, 6.07) is 0. The number of aromatic nitrogens is 2. The molecule has 0 aliphatic heterocycles. The molecule has 0 N–H and O–H groups in total. The summed E-state index contributed by atoms with van der Waals surface area (Å²) in [5.41, 5.74) is 0.479. The zero-order valence-corrected chi connectivity index (χ0v) is 6.87. The van der Waals surface area contributed by atoms with Crippen molar-refractivity contribution in [3.05, 3.63) is 5.01 Å². The summed E-state index contributed by atoms with van der Waals surface area (Å²) in [5.74, 6) is 0. The van der Waals surface area contributed by atoms with Crippen LogP contribution >= 0.6 is 19.3 Å². The van der Waals surface area contributed by atoms with Gasteiger partial charge in [-0.05, 0) is 18.5 Å². The molecule has 1 rings (SSSR count). The minimum atomic E-state index is -1.34. The molecule has 1 heterocycles. The van der Waals surface area contributed by atoms with Crippen molar-refractivity contribution in [3.8, 4) is 0 Å². The van der Waals surface area contributed by atoms with Gasteiger partial charge >= 0.3 is 13.4 Å². The normalized spacial score (nSPS) is 11.6. The lowest BCUT2D eigenvalue weighted by molar-refractivity contribution is 0.595. The van der Waals surface area contributed by atoms with Crippen molar-refractivity contribution >= 4 is 24.9 Å². The standard InChI is InChI=1S/C4H6N2OPS/c1-3-5-4(6-9-3)8(2)7/h1-2H3/q+1. The highest BCUT2D eigenvalue weighted by atomic mass is 32.1. The average Bonchev–Trinajstić information content (AvgIpc) is 2.14. The summed E-state index contributed by atoms with van der Waals surface area (Å²) in [6.45, 7) is 3.46. The Labute approximate surface area is 58.1 Å². The Hall–Kier alpha value is -0.340. The second kappa shape index (κ2) is 2.50. The lowest BCUT2D eigenvalue weighted by atomic mass is 10.8. The maximum atomic E-state index is 10.7. The highest BCUT2D eigenvalue weighted by Crippen LogP contribution is 2.11. The molecule has 48 valence electrons. The van der Waals surface area contributed by atoms with Gasteiger partial charge in [-0.15, -0.1) is 4.37 Å². The minimum absolute atomic E-state index is 0.479. The number of hydrogen-bond acceptors (Lipinski definition) is 4. The summed E-state index contributed by atoms with van der Waals surface area (Å²) in [6.07, 6.45) is 0. The molecule has 9 heavy (non-hydrogen) atoms. The van der Waals surface area contributed by atoms with E-state index < -0.39 is 7.80 Å². The molecule has 5 heteroatoms. The molecule has 0 spiro atoms. The first-order valence-corrected chi connectivity index (χ1v) is 4.89. The largest absolute Gasteiger partial charge is 0.416 e. The topological polar surface area (TPSA) is 42.9 Å². The molecule has 0 aromatic carbocycles. The van der Waals surface area contributed by atoms with Crippen molar-refractivity contribution < 1.29 is 4.57 Å². The van der Waals surface area contributed by atoms with Crippen LogP contribution in [0.5, 0.6) is 0 Å². The lowest BCUT2D eigenvalue weighted by Gasteiger charge is -1.65. The first-order chi connectivity index (χ1) is 4.20. The second-order valence-electron chi connectivity index (χ2n) is 1.61. The predicted octanol–water partition coefficient (Wildman–Crippen LogP) is 0.929. The molecule has 1 atom stereocenters. The van der Waals surface area contributed by atoms with Crippen molar-refractivity contribution in [3.63, 3.8) is 0 Å². The maximum absolute atomic E-state index is 10.7. The van der Waals surface area contributed by atoms with Gasteiger partial charge in [-0.1, -0.05) is 4.57 Å². The van der Waals surface area contributed by atoms with Gasteiger partial charge in [0.1, 0.15) is 11.7 Å². The Morgan fingerprint density at radius 1 is 1.67 bits per heavy atom. The van der Waals surface area contributed by atoms with E-state index in [0.29, 0.717) is 5.57 Å². The molecule has 0 amide bonds. The van der Waals surface area contributed by atoms with Gasteiger partial charge in [0.25, 0.3) is 0 Å². The monoisotopic (exact) mass is 161 g/mol. The van der Waals surface area contributed by atoms with Gasteiger partial charge in [0, 0.05) is 0 Å². The maximum Gasteiger partial charge on any atom is 0.416 e. The van der Waals surface area contributed by atoms with Crippen molar-refractivity contribution in [2.75, 3.05) is 6.66 Å². The molecular weight excluding hydrogens is 155 g/mol. The number of rotatable bonds is 1. The van der Waals surface area contributed by atoms with Gasteiger partial charge in [-0.2, -0.15) is 4.98 Å². The summed E-state index contributed by atoms with van der Waals surface area (Å²) < 4.78 is 14.6. The highest BCUT2D eigenvalue weighted by molar-refractivity contribution is 7.52. The van der Waals surface area contributed by atoms with Crippen molar-refractivity contribution in [2.45, 2.75) is 6.92 Å². The molecule has 3 nitrogen and oxygen atoms in total. The van der Waals surface area contributed by atoms with Gasteiger partial charge < -0.3 is 0 Å². The van der Waals surface area contributed by atoms with Crippen LogP contribution in [0.1, 0.15) is 5.01 Å². The van der Waals surface area contributed by atoms with Gasteiger partial charge in [0.15, 0.2) is 0 Å². The van der Waals surface area contributed by atoms with E-state index in [9.17, 15) is 4.57 Å². The van der Waals surface area contributed by atoms with Gasteiger partial charge in [0.2, 0.25) is 0 Å². The van der Waals surface area contributed by atoms with Crippen LogP contribution in [0, 0.1) is 6.92 Å². The van der Waals surface area contributed by atoms with Crippen LogP contribution in [0.2, 0.25) is 0 Å². The van der Waals surface area contributed by atoms with Crippen LogP contribution in [0.25, 0.3) is 0 Å². The van der Waals surface area contributed by atoms with E-state index in [4.69, 9.17) is 0 Å². The molecule has 0 fully saturated rings. The molecule has 1 aromatic rings. The fourth-order valence-electron chi connectivity index (χ4n) is 0.416. The summed E-state index contributed by atoms with van der Waals surface area (Å²) in [5, 5.41) is 0.871. The van der Waals surface area contributed by atoms with E-state index >= 15 is 0 Å². The van der Waals surface area contributed by atoms with E-state index in [2.05, 4.69) is 9.36 Å². The minimum Gasteiger partial charge on any atom is -0.178 e. The Balaban J connectivity index is 2.98. The van der Waals surface area contributed by atoms with Crippen molar-refractivity contribution in [2.24, 2.45) is 0 Å². The zero-order valence-electron chi connectivity index (χ0n) is 5.16. The average molecular weight is 161 g/mol. The summed E-state index contributed by atoms with van der Waals surface area (Å²) in [7, 11) is -1.34. The number of nitrogens with zero attached hydrogens (tertiary/aromatic N) is 2. The SMILES string of the molecule is Cc1nc([P+](C)=O)ns1. The third-order valence-corrected chi connectivity index (χ3v) is 2.32. The Kier molecular flexibility index (Phi) is 1.88. The van der Waals surface area contributed by atoms with Gasteiger partial charge in [-0.3, -0.25) is 0 Å². The van der Waals surface area contributed by atoms with Crippen molar-refractivity contribution in [1.82, 2.24) is 9.36 Å². The number of hydrogen-bond donors (Lipinski definition) is 0. The molecule has 0 saturated heterocycles. The Morgan fingerprint density at radius 3 is 2.56 bits per heavy atom. The van der Waals surface area contributed by atoms with Crippen LogP contribution in [0.15, 0.2) is 0 Å². The first-order valence-electron chi connectivity index (χ1n) is 2.41. The van der Waals surface area contributed by atoms with E-state index in [0.717, 1.165) is 5.01 Å². The van der Waals surface area contributed by atoms with Crippen LogP contribution < -0.4 is 5.57 Å². The third-order valence-electron chi connectivity index (χ3n) is 0.799. The highest BCUT2D eigenvalue weighted by Gasteiger charge is 2.17. The Morgan fingerprint density at radius 2 is 2.33 bits per heavy atom. The Bertz CT molecular complexity index is 234. The van der Waals surface area contributed by atoms with E-state index in [1.807, 2.05) is 6.92 Å². The lowest BCUT2D eigenvalue weighted by Crippen LogP contribution is -1.98. The summed E-state index contributed by atoms with van der Waals surface area (Å²) in [4.78, 5) is 3.93. The van der Waals surface area contributed by atoms with Crippen LogP contribution in [-0.4, -0.2) is 16.0 Å². The fourth-order valence-corrected chi connectivity index (χ4v) is 1.74. The van der Waals surface area contributed by atoms with Gasteiger partial charge in [-0.25, -0.2) is 0 Å². The first kappa shape index (κ1) is 6.78. The third kappa shape index (κ3) is 1.53. The number of aryl methyl sites for hydroxylation is 1. The molecule has 1 aromatic heterocycles. The van der Waals surface area contributed by atoms with Crippen LogP contribution in [0.3, 0.4) is 0 Å². The molecule has 1 unspecified atom stereocenters. The molecule has 0 aliphatic carbocycles. The second-order valence-corrected chi connectivity index (χ2v) is 3.96. The summed E-state index contributed by atoms with van der Waals surface area (Å²) >= 11 is 1.29. The van der Waals surface area contributed by atoms with E-state index in [1.54, 1.807) is 6.66 Å². The van der Waals surface area contributed by atoms with E-state index in [-0.39, 0.29) is 0 Å². The zero-order chi connectivity index (χ0) is 6.85. The van der Waals surface area contributed by atoms with Crippen molar-refractivity contribution in [1.29, 1.82) is 0 Å². The van der Waals surface area contributed by atoms with Crippen LogP contribution in [-0.2, 0) is 4.57 Å². The molecular formula is C4H6N2OPS+. The molecule has 0 radical (unpaired) electrons. The van der Waals surface area contributed by atoms with Gasteiger partial charge in [0.05, 0.1) is 0 Å². The predicted molar refractivity (Wildman–Crippen MR) is 37.8 cm³/mol. The molecule has 0 bridgehead atoms. The smallest absolute Gasteiger partial charge is 0.178 e. The quantitative estimate of drug-likeness (QED) is 0.575. The van der Waals surface area contributed by atoms with Crippen LogP contribution in [0.4, 0.5) is 0 Å². The fraction of sp³-hybridized carbons (Fsp3) is 0.500.